The molecule has 0 spiro atoms. The predicted molar refractivity (Wildman–Crippen MR) is 93.7 cm³/mol. The SMILES string of the molecule is COC(=O)c1cc(Cl)nn1CCC1CCN(C(=O)OC(C)(C)C)CC1. The zero-order valence-electron chi connectivity index (χ0n) is 15.2. The van der Waals surface area contributed by atoms with Crippen molar-refractivity contribution in [3.8, 4) is 0 Å². The van der Waals surface area contributed by atoms with Gasteiger partial charge in [0, 0.05) is 25.7 Å². The molecule has 1 fully saturated rings. The lowest BCUT2D eigenvalue weighted by Crippen LogP contribution is -2.41. The van der Waals surface area contributed by atoms with Gasteiger partial charge in [-0.25, -0.2) is 9.59 Å². The van der Waals surface area contributed by atoms with E-state index in [1.165, 1.54) is 13.2 Å². The smallest absolute Gasteiger partial charge is 0.410 e. The number of piperidine rings is 1. The maximum absolute atomic E-state index is 12.1. The van der Waals surface area contributed by atoms with E-state index >= 15 is 0 Å². The first-order valence-electron chi connectivity index (χ1n) is 8.49. The number of rotatable bonds is 4. The van der Waals surface area contributed by atoms with Crippen molar-refractivity contribution < 1.29 is 19.1 Å². The minimum absolute atomic E-state index is 0.252. The van der Waals surface area contributed by atoms with Crippen LogP contribution in [0.2, 0.25) is 5.15 Å². The fourth-order valence-electron chi connectivity index (χ4n) is 2.86. The molecule has 0 unspecified atom stereocenters. The molecule has 0 bridgehead atoms. The van der Waals surface area contributed by atoms with Crippen LogP contribution in [0.1, 0.15) is 50.5 Å². The van der Waals surface area contributed by atoms with Gasteiger partial charge >= 0.3 is 12.1 Å². The van der Waals surface area contributed by atoms with Crippen LogP contribution in [-0.2, 0) is 16.0 Å². The second-order valence-electron chi connectivity index (χ2n) is 7.27. The van der Waals surface area contributed by atoms with Crippen molar-refractivity contribution in [2.75, 3.05) is 20.2 Å². The van der Waals surface area contributed by atoms with E-state index in [0.717, 1.165) is 19.3 Å². The van der Waals surface area contributed by atoms with Gasteiger partial charge in [-0.05, 0) is 46.0 Å². The summed E-state index contributed by atoms with van der Waals surface area (Å²) in [5.74, 6) is 0.0197. The molecular weight excluding hydrogens is 346 g/mol. The highest BCUT2D eigenvalue weighted by Crippen LogP contribution is 2.23. The summed E-state index contributed by atoms with van der Waals surface area (Å²) in [5, 5.41) is 4.42. The normalized spacial score (nSPS) is 16.0. The van der Waals surface area contributed by atoms with Gasteiger partial charge in [-0.2, -0.15) is 5.10 Å². The molecule has 25 heavy (non-hydrogen) atoms. The quantitative estimate of drug-likeness (QED) is 0.759. The minimum atomic E-state index is -0.475. The Morgan fingerprint density at radius 1 is 1.32 bits per heavy atom. The van der Waals surface area contributed by atoms with Crippen LogP contribution in [0.3, 0.4) is 0 Å². The Kier molecular flexibility index (Phi) is 6.32. The molecule has 1 saturated heterocycles. The molecule has 1 amide bonds. The first kappa shape index (κ1) is 19.6. The van der Waals surface area contributed by atoms with Gasteiger partial charge in [0.15, 0.2) is 5.15 Å². The van der Waals surface area contributed by atoms with Crippen molar-refractivity contribution in [3.05, 3.63) is 16.9 Å². The molecule has 2 heterocycles. The number of aryl methyl sites for hydroxylation is 1. The molecule has 8 heteroatoms. The van der Waals surface area contributed by atoms with Crippen molar-refractivity contribution in [1.82, 2.24) is 14.7 Å². The highest BCUT2D eigenvalue weighted by atomic mass is 35.5. The van der Waals surface area contributed by atoms with Crippen LogP contribution >= 0.6 is 11.6 Å². The lowest BCUT2D eigenvalue weighted by molar-refractivity contribution is 0.0178. The second kappa shape index (κ2) is 8.08. The van der Waals surface area contributed by atoms with Crippen LogP contribution in [0.25, 0.3) is 0 Å². The number of carbonyl (C=O) groups is 2. The third-order valence-electron chi connectivity index (χ3n) is 4.16. The number of hydrogen-bond donors (Lipinski definition) is 0. The number of nitrogens with zero attached hydrogens (tertiary/aromatic N) is 3. The molecular formula is C17H26ClN3O4. The van der Waals surface area contributed by atoms with E-state index in [9.17, 15) is 9.59 Å². The Hall–Kier alpha value is -1.76. The van der Waals surface area contributed by atoms with Gasteiger partial charge in [-0.1, -0.05) is 11.6 Å². The fraction of sp³-hybridized carbons (Fsp3) is 0.706. The third-order valence-corrected chi connectivity index (χ3v) is 4.34. The standard InChI is InChI=1S/C17H26ClN3O4/c1-17(2,3)25-16(23)20-8-5-12(6-9-20)7-10-21-13(15(22)24-4)11-14(18)19-21/h11-12H,5-10H2,1-4H3. The van der Waals surface area contributed by atoms with Crippen molar-refractivity contribution in [2.45, 2.75) is 52.2 Å². The number of methoxy groups -OCH3 is 1. The summed E-state index contributed by atoms with van der Waals surface area (Å²) in [6, 6.07) is 1.51. The molecule has 7 nitrogen and oxygen atoms in total. The summed E-state index contributed by atoms with van der Waals surface area (Å²) >= 11 is 5.90. The molecule has 0 saturated carbocycles. The fourth-order valence-corrected chi connectivity index (χ4v) is 3.05. The zero-order chi connectivity index (χ0) is 18.6. The molecule has 1 aromatic rings. The van der Waals surface area contributed by atoms with Crippen molar-refractivity contribution in [3.63, 3.8) is 0 Å². The van der Waals surface area contributed by atoms with Crippen LogP contribution in [0.5, 0.6) is 0 Å². The molecule has 1 aliphatic heterocycles. The largest absolute Gasteiger partial charge is 0.464 e. The molecule has 1 aliphatic rings. The number of aromatic nitrogens is 2. The second-order valence-corrected chi connectivity index (χ2v) is 7.65. The van der Waals surface area contributed by atoms with Crippen LogP contribution < -0.4 is 0 Å². The van der Waals surface area contributed by atoms with E-state index in [0.29, 0.717) is 31.2 Å². The average molecular weight is 372 g/mol. The van der Waals surface area contributed by atoms with Gasteiger partial charge in [0.25, 0.3) is 0 Å². The van der Waals surface area contributed by atoms with Crippen molar-refractivity contribution >= 4 is 23.7 Å². The number of carbonyl (C=O) groups excluding carboxylic acids is 2. The number of esters is 1. The number of halogens is 1. The van der Waals surface area contributed by atoms with Crippen molar-refractivity contribution in [1.29, 1.82) is 0 Å². The van der Waals surface area contributed by atoms with E-state index < -0.39 is 11.6 Å². The maximum atomic E-state index is 12.1. The van der Waals surface area contributed by atoms with Crippen LogP contribution in [0.4, 0.5) is 4.79 Å². The van der Waals surface area contributed by atoms with E-state index in [4.69, 9.17) is 21.1 Å². The summed E-state index contributed by atoms with van der Waals surface area (Å²) in [6.45, 7) is 7.56. The molecule has 140 valence electrons. The van der Waals surface area contributed by atoms with E-state index in [-0.39, 0.29) is 11.2 Å². The Morgan fingerprint density at radius 3 is 2.52 bits per heavy atom. The third kappa shape index (κ3) is 5.63. The Labute approximate surface area is 153 Å². The van der Waals surface area contributed by atoms with E-state index in [1.807, 2.05) is 20.8 Å². The van der Waals surface area contributed by atoms with Gasteiger partial charge in [0.2, 0.25) is 0 Å². The molecule has 2 rings (SSSR count). The average Bonchev–Trinajstić information content (AvgIpc) is 2.92. The van der Waals surface area contributed by atoms with E-state index in [2.05, 4.69) is 5.10 Å². The van der Waals surface area contributed by atoms with Crippen LogP contribution in [-0.4, -0.2) is 52.5 Å². The highest BCUT2D eigenvalue weighted by Gasteiger charge is 2.27. The van der Waals surface area contributed by atoms with Gasteiger partial charge < -0.3 is 14.4 Å². The van der Waals surface area contributed by atoms with Crippen molar-refractivity contribution in [2.24, 2.45) is 5.92 Å². The summed E-state index contributed by atoms with van der Waals surface area (Å²) in [6.07, 6.45) is 2.42. The minimum Gasteiger partial charge on any atom is -0.464 e. The topological polar surface area (TPSA) is 73.7 Å². The molecule has 0 aromatic carbocycles. The first-order valence-corrected chi connectivity index (χ1v) is 8.87. The lowest BCUT2D eigenvalue weighted by atomic mass is 9.94. The monoisotopic (exact) mass is 371 g/mol. The first-order chi connectivity index (χ1) is 11.7. The zero-order valence-corrected chi connectivity index (χ0v) is 16.0. The lowest BCUT2D eigenvalue weighted by Gasteiger charge is -2.33. The Bertz CT molecular complexity index is 616. The molecule has 1 aromatic heterocycles. The van der Waals surface area contributed by atoms with Gasteiger partial charge in [-0.15, -0.1) is 0 Å². The molecule has 0 radical (unpaired) electrons. The predicted octanol–water partition coefficient (Wildman–Crippen LogP) is 3.36. The molecule has 0 atom stereocenters. The van der Waals surface area contributed by atoms with Gasteiger partial charge in [-0.3, -0.25) is 4.68 Å². The summed E-state index contributed by atoms with van der Waals surface area (Å²) in [5.41, 5.74) is -0.115. The Morgan fingerprint density at radius 2 is 1.96 bits per heavy atom. The number of ether oxygens (including phenoxy) is 2. The summed E-state index contributed by atoms with van der Waals surface area (Å²) in [4.78, 5) is 25.6. The molecule has 0 N–H and O–H groups in total. The summed E-state index contributed by atoms with van der Waals surface area (Å²) < 4.78 is 11.7. The summed E-state index contributed by atoms with van der Waals surface area (Å²) in [7, 11) is 1.33. The highest BCUT2D eigenvalue weighted by molar-refractivity contribution is 6.29. The van der Waals surface area contributed by atoms with Gasteiger partial charge in [0.05, 0.1) is 7.11 Å². The van der Waals surface area contributed by atoms with Gasteiger partial charge in [0.1, 0.15) is 11.3 Å². The van der Waals surface area contributed by atoms with E-state index in [1.54, 1.807) is 9.58 Å². The van der Waals surface area contributed by atoms with Crippen LogP contribution in [0.15, 0.2) is 6.07 Å². The van der Waals surface area contributed by atoms with Crippen LogP contribution in [0, 0.1) is 5.92 Å². The number of amides is 1. The number of hydrogen-bond acceptors (Lipinski definition) is 5. The maximum Gasteiger partial charge on any atom is 0.410 e. The Balaban J connectivity index is 1.83. The number of likely N-dealkylation sites (tertiary alicyclic amines) is 1. The molecule has 0 aliphatic carbocycles.